The van der Waals surface area contributed by atoms with Crippen molar-refractivity contribution in [2.75, 3.05) is 5.75 Å². The molecule has 0 aliphatic rings. The van der Waals surface area contributed by atoms with Gasteiger partial charge in [-0.2, -0.15) is 0 Å². The fourth-order valence-electron chi connectivity index (χ4n) is 1.21. The smallest absolute Gasteiger partial charge is 0.186 e. The fraction of sp³-hybridized carbons (Fsp3) is 0.250. The molecule has 0 fully saturated rings. The van der Waals surface area contributed by atoms with E-state index in [-0.39, 0.29) is 10.9 Å². The second-order valence-electron chi connectivity index (χ2n) is 3.37. The Kier molecular flexibility index (Phi) is 4.90. The third-order valence-corrected chi connectivity index (χ3v) is 3.02. The van der Waals surface area contributed by atoms with Crippen LogP contribution < -0.4 is 0 Å². The number of hydrogen-bond acceptors (Lipinski definition) is 3. The van der Waals surface area contributed by atoms with Crippen LogP contribution in [-0.2, 0) is 4.79 Å². The molecule has 0 aliphatic heterocycles. The largest absolute Gasteiger partial charge is 0.506 e. The summed E-state index contributed by atoms with van der Waals surface area (Å²) in [6.45, 7) is 3.34. The number of aromatic hydroxyl groups is 1. The van der Waals surface area contributed by atoms with Gasteiger partial charge in [-0.1, -0.05) is 35.5 Å². The quantitative estimate of drug-likeness (QED) is 0.897. The summed E-state index contributed by atoms with van der Waals surface area (Å²) in [4.78, 5) is 10.7. The van der Waals surface area contributed by atoms with E-state index in [0.717, 1.165) is 11.1 Å². The summed E-state index contributed by atoms with van der Waals surface area (Å²) < 4.78 is 0. The van der Waals surface area contributed by atoms with Crippen LogP contribution >= 0.6 is 23.4 Å². The van der Waals surface area contributed by atoms with E-state index in [9.17, 15) is 9.90 Å². The molecule has 0 bridgehead atoms. The summed E-state index contributed by atoms with van der Waals surface area (Å²) in [6, 6.07) is 3.54. The summed E-state index contributed by atoms with van der Waals surface area (Å²) in [6.07, 6.45) is 3.78. The number of thioether (sulfide) groups is 1. The molecule has 0 unspecified atom stereocenters. The molecule has 0 saturated carbocycles. The Morgan fingerprint density at radius 1 is 1.56 bits per heavy atom. The van der Waals surface area contributed by atoms with Gasteiger partial charge in [-0.25, -0.2) is 0 Å². The average Bonchev–Trinajstić information content (AvgIpc) is 2.20. The molecule has 0 radical (unpaired) electrons. The minimum Gasteiger partial charge on any atom is -0.506 e. The third kappa shape index (κ3) is 3.91. The molecule has 0 aromatic heterocycles. The molecule has 1 rings (SSSR count). The lowest BCUT2D eigenvalue weighted by Gasteiger charge is -2.02. The normalized spacial score (nSPS) is 10.9. The number of rotatable bonds is 3. The topological polar surface area (TPSA) is 37.3 Å². The van der Waals surface area contributed by atoms with Crippen molar-refractivity contribution < 1.29 is 9.90 Å². The van der Waals surface area contributed by atoms with Crippen LogP contribution in [0, 0.1) is 6.92 Å². The van der Waals surface area contributed by atoms with Crippen molar-refractivity contribution >= 4 is 34.6 Å². The molecular weight excluding hydrogens is 244 g/mol. The summed E-state index contributed by atoms with van der Waals surface area (Å²) in [5, 5.41) is 9.92. The number of aryl methyl sites for hydroxylation is 1. The molecule has 1 aromatic rings. The first kappa shape index (κ1) is 13.1. The molecule has 0 saturated heterocycles. The van der Waals surface area contributed by atoms with E-state index < -0.39 is 0 Å². The minimum atomic E-state index is 0.101. The Morgan fingerprint density at radius 3 is 2.81 bits per heavy atom. The Hall–Kier alpha value is -0.930. The van der Waals surface area contributed by atoms with Gasteiger partial charge in [0, 0.05) is 12.7 Å². The first-order chi connectivity index (χ1) is 7.50. The fourth-order valence-corrected chi connectivity index (χ4v) is 1.91. The average molecular weight is 257 g/mol. The summed E-state index contributed by atoms with van der Waals surface area (Å²) >= 11 is 7.09. The monoisotopic (exact) mass is 256 g/mol. The van der Waals surface area contributed by atoms with Gasteiger partial charge in [0.15, 0.2) is 5.12 Å². The van der Waals surface area contributed by atoms with Gasteiger partial charge in [-0.15, -0.1) is 0 Å². The Bertz CT molecular complexity index is 404. The number of hydrogen-bond donors (Lipinski definition) is 1. The second kappa shape index (κ2) is 5.97. The number of benzene rings is 1. The Labute approximate surface area is 104 Å². The van der Waals surface area contributed by atoms with Gasteiger partial charge in [-0.05, 0) is 30.2 Å². The van der Waals surface area contributed by atoms with Crippen molar-refractivity contribution in [1.82, 2.24) is 0 Å². The highest BCUT2D eigenvalue weighted by Crippen LogP contribution is 2.28. The van der Waals surface area contributed by atoms with Crippen molar-refractivity contribution in [3.8, 4) is 5.75 Å². The molecule has 0 atom stereocenters. The van der Waals surface area contributed by atoms with Crippen molar-refractivity contribution in [3.63, 3.8) is 0 Å². The van der Waals surface area contributed by atoms with Crippen molar-refractivity contribution in [2.24, 2.45) is 0 Å². The lowest BCUT2D eigenvalue weighted by molar-refractivity contribution is -0.109. The highest BCUT2D eigenvalue weighted by atomic mass is 35.5. The lowest BCUT2D eigenvalue weighted by Crippen LogP contribution is -1.83. The SMILES string of the molecule is CC(=O)SCC=Cc1cc(C)c(O)c(Cl)c1. The zero-order chi connectivity index (χ0) is 12.1. The molecule has 1 N–H and O–H groups in total. The molecule has 1 aromatic carbocycles. The van der Waals surface area contributed by atoms with Crippen LogP contribution in [0.1, 0.15) is 18.1 Å². The molecule has 0 heterocycles. The van der Waals surface area contributed by atoms with Crippen molar-refractivity contribution in [1.29, 1.82) is 0 Å². The molecule has 2 nitrogen and oxygen atoms in total. The van der Waals surface area contributed by atoms with Gasteiger partial charge in [0.05, 0.1) is 5.02 Å². The number of carbonyl (C=O) groups is 1. The van der Waals surface area contributed by atoms with Gasteiger partial charge in [0.1, 0.15) is 5.75 Å². The lowest BCUT2D eigenvalue weighted by atomic mass is 10.1. The first-order valence-corrected chi connectivity index (χ1v) is 6.16. The molecule has 0 spiro atoms. The highest BCUT2D eigenvalue weighted by molar-refractivity contribution is 8.13. The van der Waals surface area contributed by atoms with E-state index in [4.69, 9.17) is 11.6 Å². The van der Waals surface area contributed by atoms with Gasteiger partial charge < -0.3 is 5.11 Å². The van der Waals surface area contributed by atoms with E-state index in [1.807, 2.05) is 18.2 Å². The van der Waals surface area contributed by atoms with Gasteiger partial charge >= 0.3 is 0 Å². The van der Waals surface area contributed by atoms with E-state index in [1.165, 1.54) is 11.8 Å². The van der Waals surface area contributed by atoms with Crippen LogP contribution in [0.4, 0.5) is 0 Å². The molecule has 0 aliphatic carbocycles. The summed E-state index contributed by atoms with van der Waals surface area (Å²) in [7, 11) is 0. The van der Waals surface area contributed by atoms with E-state index >= 15 is 0 Å². The molecule has 16 heavy (non-hydrogen) atoms. The van der Waals surface area contributed by atoms with Crippen molar-refractivity contribution in [2.45, 2.75) is 13.8 Å². The maximum Gasteiger partial charge on any atom is 0.186 e. The van der Waals surface area contributed by atoms with Crippen LogP contribution in [0.3, 0.4) is 0 Å². The number of carbonyl (C=O) groups excluding carboxylic acids is 1. The van der Waals surface area contributed by atoms with Crippen LogP contribution in [0.2, 0.25) is 5.02 Å². The summed E-state index contributed by atoms with van der Waals surface area (Å²) in [5.74, 6) is 0.768. The number of phenols is 1. The van der Waals surface area contributed by atoms with Crippen LogP contribution in [0.15, 0.2) is 18.2 Å². The maximum absolute atomic E-state index is 10.7. The van der Waals surface area contributed by atoms with Gasteiger partial charge in [0.25, 0.3) is 0 Å². The molecule has 0 amide bonds. The van der Waals surface area contributed by atoms with E-state index in [2.05, 4.69) is 0 Å². The predicted octanol–water partition coefficient (Wildman–Crippen LogP) is 3.65. The molecule has 86 valence electrons. The molecular formula is C12H13ClO2S. The number of phenolic OH excluding ortho intramolecular Hbond substituents is 1. The summed E-state index contributed by atoms with van der Waals surface area (Å²) in [5.41, 5.74) is 1.66. The van der Waals surface area contributed by atoms with E-state index in [0.29, 0.717) is 10.8 Å². The first-order valence-electron chi connectivity index (χ1n) is 4.79. The minimum absolute atomic E-state index is 0.101. The number of halogens is 1. The van der Waals surface area contributed by atoms with E-state index in [1.54, 1.807) is 19.9 Å². The Morgan fingerprint density at radius 2 is 2.25 bits per heavy atom. The zero-order valence-corrected chi connectivity index (χ0v) is 10.7. The predicted molar refractivity (Wildman–Crippen MR) is 70.0 cm³/mol. The van der Waals surface area contributed by atoms with Crippen LogP contribution in [0.5, 0.6) is 5.75 Å². The third-order valence-electron chi connectivity index (χ3n) is 1.97. The van der Waals surface area contributed by atoms with Gasteiger partial charge in [0.2, 0.25) is 0 Å². The van der Waals surface area contributed by atoms with Crippen molar-refractivity contribution in [3.05, 3.63) is 34.4 Å². The van der Waals surface area contributed by atoms with Gasteiger partial charge in [-0.3, -0.25) is 4.79 Å². The zero-order valence-electron chi connectivity index (χ0n) is 9.16. The molecule has 4 heteroatoms. The van der Waals surface area contributed by atoms with Crippen LogP contribution in [0.25, 0.3) is 6.08 Å². The standard InChI is InChI=1S/C12H13ClO2S/c1-8-6-10(7-11(13)12(8)15)4-3-5-16-9(2)14/h3-4,6-7,15H,5H2,1-2H3. The van der Waals surface area contributed by atoms with Crippen LogP contribution in [-0.4, -0.2) is 16.0 Å². The maximum atomic E-state index is 10.7. The highest BCUT2D eigenvalue weighted by Gasteiger charge is 2.02. The second-order valence-corrected chi connectivity index (χ2v) is 4.98. The Balaban J connectivity index is 2.71.